The number of hydrogen-bond donors (Lipinski definition) is 4. The van der Waals surface area contributed by atoms with Gasteiger partial charge in [0.25, 0.3) is 5.91 Å². The van der Waals surface area contributed by atoms with E-state index in [1.165, 1.54) is 0 Å². The van der Waals surface area contributed by atoms with Crippen molar-refractivity contribution in [2.45, 2.75) is 18.9 Å². The number of amides is 2. The number of hydrogen-bond acceptors (Lipinski definition) is 5. The Morgan fingerprint density at radius 2 is 2.19 bits per heavy atom. The summed E-state index contributed by atoms with van der Waals surface area (Å²) >= 11 is 0. The van der Waals surface area contributed by atoms with Crippen LogP contribution in [0.25, 0.3) is 0 Å². The van der Waals surface area contributed by atoms with Gasteiger partial charge in [-0.1, -0.05) is 0 Å². The van der Waals surface area contributed by atoms with Gasteiger partial charge in [-0.25, -0.2) is 10.2 Å². The number of aliphatic hydroxyl groups is 1. The summed E-state index contributed by atoms with van der Waals surface area (Å²) in [6.07, 6.45) is -1.29. The quantitative estimate of drug-likeness (QED) is 0.435. The van der Waals surface area contributed by atoms with Crippen LogP contribution in [-0.2, 0) is 14.4 Å². The lowest BCUT2D eigenvalue weighted by atomic mass is 10.1. The van der Waals surface area contributed by atoms with Crippen LogP contribution in [0.3, 0.4) is 0 Å². The fourth-order valence-corrected chi connectivity index (χ4v) is 1.02. The van der Waals surface area contributed by atoms with Gasteiger partial charge in [-0.05, 0) is 0 Å². The number of carboxylic acids is 1. The molecular weight excluding hydrogens is 218 g/mol. The molecule has 1 aliphatic rings. The van der Waals surface area contributed by atoms with Crippen molar-refractivity contribution in [1.82, 2.24) is 10.7 Å². The zero-order valence-corrected chi connectivity index (χ0v) is 8.27. The molecule has 0 unspecified atom stereocenters. The van der Waals surface area contributed by atoms with E-state index in [9.17, 15) is 14.4 Å². The van der Waals surface area contributed by atoms with Crippen molar-refractivity contribution < 1.29 is 24.6 Å². The molecule has 8 heteroatoms. The van der Waals surface area contributed by atoms with E-state index in [1.54, 1.807) is 0 Å². The number of nitrogens with zero attached hydrogens (tertiary/aromatic N) is 1. The van der Waals surface area contributed by atoms with Gasteiger partial charge in [0.15, 0.2) is 6.10 Å². The summed E-state index contributed by atoms with van der Waals surface area (Å²) < 4.78 is 0. The first-order valence-corrected chi connectivity index (χ1v) is 4.55. The molecule has 0 fully saturated rings. The lowest BCUT2D eigenvalue weighted by molar-refractivity contribution is -0.146. The number of hydrazone groups is 1. The summed E-state index contributed by atoms with van der Waals surface area (Å²) in [5.41, 5.74) is 2.24. The van der Waals surface area contributed by atoms with E-state index >= 15 is 0 Å². The van der Waals surface area contributed by atoms with Crippen LogP contribution >= 0.6 is 0 Å². The van der Waals surface area contributed by atoms with Gasteiger partial charge in [0.05, 0.1) is 6.54 Å². The highest BCUT2D eigenvalue weighted by Crippen LogP contribution is 1.99. The van der Waals surface area contributed by atoms with Crippen molar-refractivity contribution in [2.24, 2.45) is 5.10 Å². The highest BCUT2D eigenvalue weighted by Gasteiger charge is 2.20. The maximum atomic E-state index is 11.3. The van der Waals surface area contributed by atoms with Gasteiger partial charge in [0, 0.05) is 12.8 Å². The molecule has 88 valence electrons. The van der Waals surface area contributed by atoms with Gasteiger partial charge in [-0.3, -0.25) is 9.59 Å². The molecule has 4 N–H and O–H groups in total. The minimum atomic E-state index is -1.65. The molecule has 0 aromatic heterocycles. The number of carbonyl (C=O) groups excluding carboxylic acids is 2. The number of aliphatic carboxylic acids is 1. The van der Waals surface area contributed by atoms with Crippen molar-refractivity contribution in [3.63, 3.8) is 0 Å². The fourth-order valence-electron chi connectivity index (χ4n) is 1.02. The third-order valence-electron chi connectivity index (χ3n) is 1.91. The normalized spacial score (nSPS) is 17.1. The Bertz CT molecular complexity index is 352. The highest BCUT2D eigenvalue weighted by atomic mass is 16.4. The van der Waals surface area contributed by atoms with Gasteiger partial charge >= 0.3 is 5.97 Å². The van der Waals surface area contributed by atoms with E-state index in [1.807, 2.05) is 0 Å². The maximum Gasteiger partial charge on any atom is 0.334 e. The van der Waals surface area contributed by atoms with Gasteiger partial charge in [-0.2, -0.15) is 5.10 Å². The Balaban J connectivity index is 2.41. The molecule has 0 radical (unpaired) electrons. The molecule has 1 aliphatic heterocycles. The summed E-state index contributed by atoms with van der Waals surface area (Å²) in [6, 6.07) is 0. The van der Waals surface area contributed by atoms with E-state index in [0.717, 1.165) is 0 Å². The summed E-state index contributed by atoms with van der Waals surface area (Å²) in [7, 11) is 0. The van der Waals surface area contributed by atoms with Crippen LogP contribution in [0.4, 0.5) is 0 Å². The Hall–Kier alpha value is -1.96. The average molecular weight is 229 g/mol. The Labute approximate surface area is 90.3 Å². The molecular formula is C8H11N3O5. The molecule has 0 bridgehead atoms. The topological polar surface area (TPSA) is 128 Å². The molecule has 2 amide bonds. The van der Waals surface area contributed by atoms with E-state index in [0.29, 0.717) is 0 Å². The lowest BCUT2D eigenvalue weighted by Gasteiger charge is -2.12. The third kappa shape index (κ3) is 3.31. The van der Waals surface area contributed by atoms with Crippen LogP contribution in [0, 0.1) is 0 Å². The monoisotopic (exact) mass is 229 g/mol. The molecule has 8 nitrogen and oxygen atoms in total. The Morgan fingerprint density at radius 3 is 2.69 bits per heavy atom. The van der Waals surface area contributed by atoms with Gasteiger partial charge in [0.2, 0.25) is 5.91 Å². The zero-order chi connectivity index (χ0) is 12.1. The number of aliphatic hydroxyl groups excluding tert-OH is 1. The van der Waals surface area contributed by atoms with Crippen LogP contribution in [0.15, 0.2) is 5.10 Å². The molecule has 1 heterocycles. The zero-order valence-electron chi connectivity index (χ0n) is 8.27. The first kappa shape index (κ1) is 12.1. The molecule has 0 saturated carbocycles. The predicted octanol–water partition coefficient (Wildman–Crippen LogP) is -2.19. The van der Waals surface area contributed by atoms with Crippen LogP contribution in [-0.4, -0.2) is 46.4 Å². The summed E-state index contributed by atoms with van der Waals surface area (Å²) in [6.45, 7) is -0.402. The first-order valence-electron chi connectivity index (χ1n) is 4.55. The minimum Gasteiger partial charge on any atom is -0.479 e. The highest BCUT2D eigenvalue weighted by molar-refractivity contribution is 6.39. The second-order valence-corrected chi connectivity index (χ2v) is 3.16. The molecule has 0 spiro atoms. The van der Waals surface area contributed by atoms with Crippen LogP contribution < -0.4 is 10.7 Å². The van der Waals surface area contributed by atoms with Crippen LogP contribution in [0.1, 0.15) is 12.8 Å². The fraction of sp³-hybridized carbons (Fsp3) is 0.500. The predicted molar refractivity (Wildman–Crippen MR) is 51.5 cm³/mol. The summed E-state index contributed by atoms with van der Waals surface area (Å²) in [5, 5.41) is 22.9. The number of carbonyl (C=O) groups is 3. The van der Waals surface area contributed by atoms with Crippen molar-refractivity contribution in [1.29, 1.82) is 0 Å². The smallest absolute Gasteiger partial charge is 0.334 e. The van der Waals surface area contributed by atoms with Gasteiger partial charge in [-0.15, -0.1) is 0 Å². The second kappa shape index (κ2) is 5.21. The summed E-state index contributed by atoms with van der Waals surface area (Å²) in [4.78, 5) is 32.3. The second-order valence-electron chi connectivity index (χ2n) is 3.16. The Kier molecular flexibility index (Phi) is 3.95. The standard InChI is InChI=1S/C8H11N3O5/c12-5(8(15)16)3-9-7(14)4-1-2-6(13)11-10-4/h5,12H,1-3H2,(H,9,14)(H,11,13)(H,15,16)/t5-/m0/s1. The Morgan fingerprint density at radius 1 is 1.50 bits per heavy atom. The number of nitrogens with one attached hydrogen (secondary N) is 2. The lowest BCUT2D eigenvalue weighted by Crippen LogP contribution is -2.42. The molecule has 0 saturated heterocycles. The number of rotatable bonds is 4. The molecule has 0 aliphatic carbocycles. The van der Waals surface area contributed by atoms with Crippen molar-refractivity contribution in [3.8, 4) is 0 Å². The maximum absolute atomic E-state index is 11.3. The van der Waals surface area contributed by atoms with Crippen LogP contribution in [0.5, 0.6) is 0 Å². The largest absolute Gasteiger partial charge is 0.479 e. The summed E-state index contributed by atoms with van der Waals surface area (Å²) in [5.74, 6) is -2.29. The van der Waals surface area contributed by atoms with Crippen molar-refractivity contribution in [3.05, 3.63) is 0 Å². The number of carboxylic acid groups (broad SMARTS) is 1. The molecule has 0 aromatic rings. The van der Waals surface area contributed by atoms with Crippen molar-refractivity contribution >= 4 is 23.5 Å². The van der Waals surface area contributed by atoms with Crippen molar-refractivity contribution in [2.75, 3.05) is 6.54 Å². The minimum absolute atomic E-state index is 0.109. The molecule has 1 atom stereocenters. The first-order chi connectivity index (χ1) is 7.50. The van der Waals surface area contributed by atoms with E-state index in [-0.39, 0.29) is 24.5 Å². The van der Waals surface area contributed by atoms with Crippen LogP contribution in [0.2, 0.25) is 0 Å². The van der Waals surface area contributed by atoms with E-state index in [4.69, 9.17) is 10.2 Å². The van der Waals surface area contributed by atoms with E-state index in [2.05, 4.69) is 15.8 Å². The van der Waals surface area contributed by atoms with Gasteiger partial charge in [0.1, 0.15) is 5.71 Å². The average Bonchev–Trinajstić information content (AvgIpc) is 2.26. The SMILES string of the molecule is O=C1CCC(C(=O)NC[C@H](O)C(=O)O)=NN1. The third-order valence-corrected chi connectivity index (χ3v) is 1.91. The van der Waals surface area contributed by atoms with E-state index < -0.39 is 24.5 Å². The molecule has 16 heavy (non-hydrogen) atoms. The van der Waals surface area contributed by atoms with Gasteiger partial charge < -0.3 is 15.5 Å². The molecule has 0 aromatic carbocycles. The molecule has 1 rings (SSSR count).